The van der Waals surface area contributed by atoms with Gasteiger partial charge in [-0.15, -0.1) is 0 Å². The van der Waals surface area contributed by atoms with Crippen LogP contribution in [0.4, 0.5) is 10.5 Å². The lowest BCUT2D eigenvalue weighted by molar-refractivity contribution is 0.206. The first-order chi connectivity index (χ1) is 13.8. The molecule has 0 fully saturated rings. The van der Waals surface area contributed by atoms with Gasteiger partial charge in [0.1, 0.15) is 0 Å². The van der Waals surface area contributed by atoms with Crippen LogP contribution in [0.25, 0.3) is 22.0 Å². The van der Waals surface area contributed by atoms with Crippen molar-refractivity contribution in [2.24, 2.45) is 0 Å². The third kappa shape index (κ3) is 2.93. The number of urea groups is 1. The summed E-state index contributed by atoms with van der Waals surface area (Å²) in [6.07, 6.45) is 2.73. The number of carbonyl (C=O) groups is 1. The standard InChI is InChI=1S/C24H21N3O/c28-24(26-23-15-25-22-12-5-4-10-20(22)23)27-14-13-18-9-6-11-19(21(18)16-27)17-7-2-1-3-8-17/h1-12,15,25H,13-14,16H2,(H,26,28). The molecule has 0 bridgehead atoms. The van der Waals surface area contributed by atoms with E-state index in [4.69, 9.17) is 0 Å². The number of hydrogen-bond donors (Lipinski definition) is 2. The van der Waals surface area contributed by atoms with Gasteiger partial charge in [-0.05, 0) is 34.7 Å². The van der Waals surface area contributed by atoms with Crippen molar-refractivity contribution in [2.75, 3.05) is 11.9 Å². The second kappa shape index (κ2) is 6.89. The second-order valence-corrected chi connectivity index (χ2v) is 7.16. The van der Waals surface area contributed by atoms with Crippen molar-refractivity contribution in [2.45, 2.75) is 13.0 Å². The zero-order chi connectivity index (χ0) is 18.9. The lowest BCUT2D eigenvalue weighted by Crippen LogP contribution is -2.39. The van der Waals surface area contributed by atoms with E-state index in [1.54, 1.807) is 0 Å². The molecule has 2 heterocycles. The van der Waals surface area contributed by atoms with Crippen molar-refractivity contribution in [3.63, 3.8) is 0 Å². The molecule has 2 N–H and O–H groups in total. The molecule has 2 amide bonds. The minimum atomic E-state index is -0.0572. The van der Waals surface area contributed by atoms with Crippen molar-refractivity contribution < 1.29 is 4.79 Å². The van der Waals surface area contributed by atoms with Gasteiger partial charge in [0.2, 0.25) is 0 Å². The molecule has 1 aliphatic rings. The fraction of sp³-hybridized carbons (Fsp3) is 0.125. The number of hydrogen-bond acceptors (Lipinski definition) is 1. The van der Waals surface area contributed by atoms with Crippen molar-refractivity contribution in [1.82, 2.24) is 9.88 Å². The van der Waals surface area contributed by atoms with Crippen LogP contribution < -0.4 is 5.32 Å². The van der Waals surface area contributed by atoms with Gasteiger partial charge in [0.05, 0.1) is 5.69 Å². The number of para-hydroxylation sites is 1. The summed E-state index contributed by atoms with van der Waals surface area (Å²) in [6, 6.07) is 24.8. The lowest BCUT2D eigenvalue weighted by Gasteiger charge is -2.30. The van der Waals surface area contributed by atoms with E-state index in [2.05, 4.69) is 52.8 Å². The highest BCUT2D eigenvalue weighted by Crippen LogP contribution is 2.31. The van der Waals surface area contributed by atoms with Gasteiger partial charge in [-0.2, -0.15) is 0 Å². The third-order valence-electron chi connectivity index (χ3n) is 5.48. The Morgan fingerprint density at radius 3 is 2.64 bits per heavy atom. The number of H-pyrrole nitrogens is 1. The average molecular weight is 367 g/mol. The number of benzene rings is 3. The van der Waals surface area contributed by atoms with Crippen LogP contribution in [0.15, 0.2) is 79.0 Å². The maximum absolute atomic E-state index is 13.0. The lowest BCUT2D eigenvalue weighted by atomic mass is 9.91. The molecule has 1 aliphatic heterocycles. The van der Waals surface area contributed by atoms with Crippen LogP contribution in [-0.2, 0) is 13.0 Å². The van der Waals surface area contributed by atoms with E-state index >= 15 is 0 Å². The van der Waals surface area contributed by atoms with Crippen LogP contribution >= 0.6 is 0 Å². The van der Waals surface area contributed by atoms with Crippen molar-refractivity contribution in [3.05, 3.63) is 90.1 Å². The maximum Gasteiger partial charge on any atom is 0.322 e. The highest BCUT2D eigenvalue weighted by molar-refractivity contribution is 6.01. The molecule has 4 aromatic rings. The summed E-state index contributed by atoms with van der Waals surface area (Å²) in [5.41, 5.74) is 6.82. The molecule has 0 unspecified atom stereocenters. The second-order valence-electron chi connectivity index (χ2n) is 7.16. The Morgan fingerprint density at radius 2 is 1.75 bits per heavy atom. The smallest absolute Gasteiger partial charge is 0.322 e. The molecule has 0 spiro atoms. The molecular formula is C24H21N3O. The first-order valence-corrected chi connectivity index (χ1v) is 9.58. The molecule has 4 nitrogen and oxygen atoms in total. The number of fused-ring (bicyclic) bond motifs is 2. The van der Waals surface area contributed by atoms with Crippen molar-refractivity contribution >= 4 is 22.6 Å². The Balaban J connectivity index is 1.42. The number of nitrogens with zero attached hydrogens (tertiary/aromatic N) is 1. The Hall–Kier alpha value is -3.53. The van der Waals surface area contributed by atoms with E-state index in [1.165, 1.54) is 22.3 Å². The van der Waals surface area contributed by atoms with Crippen LogP contribution in [0.5, 0.6) is 0 Å². The van der Waals surface area contributed by atoms with Crippen molar-refractivity contribution in [3.8, 4) is 11.1 Å². The number of anilines is 1. The van der Waals surface area contributed by atoms with Crippen molar-refractivity contribution in [1.29, 1.82) is 0 Å². The summed E-state index contributed by atoms with van der Waals surface area (Å²) in [5, 5.41) is 4.11. The average Bonchev–Trinajstić information content (AvgIpc) is 3.16. The molecule has 0 aliphatic carbocycles. The summed E-state index contributed by atoms with van der Waals surface area (Å²) in [7, 11) is 0. The molecular weight excluding hydrogens is 346 g/mol. The van der Waals surface area contributed by atoms with Gasteiger partial charge >= 0.3 is 6.03 Å². The van der Waals surface area contributed by atoms with Crippen LogP contribution in [-0.4, -0.2) is 22.5 Å². The normalized spacial score (nSPS) is 13.4. The Morgan fingerprint density at radius 1 is 0.929 bits per heavy atom. The Labute approximate surface area is 163 Å². The molecule has 138 valence electrons. The third-order valence-corrected chi connectivity index (χ3v) is 5.48. The molecule has 0 radical (unpaired) electrons. The van der Waals surface area contributed by atoms with Crippen LogP contribution in [0.1, 0.15) is 11.1 Å². The van der Waals surface area contributed by atoms with Gasteiger partial charge in [-0.3, -0.25) is 0 Å². The number of amides is 2. The minimum Gasteiger partial charge on any atom is -0.359 e. The van der Waals surface area contributed by atoms with Gasteiger partial charge in [-0.25, -0.2) is 4.79 Å². The van der Waals surface area contributed by atoms with Gasteiger partial charge < -0.3 is 15.2 Å². The first kappa shape index (κ1) is 16.6. The van der Waals surface area contributed by atoms with E-state index in [1.807, 2.05) is 41.4 Å². The van der Waals surface area contributed by atoms with E-state index < -0.39 is 0 Å². The highest BCUT2D eigenvalue weighted by atomic mass is 16.2. The fourth-order valence-corrected chi connectivity index (χ4v) is 4.01. The number of nitrogens with one attached hydrogen (secondary N) is 2. The molecule has 4 heteroatoms. The first-order valence-electron chi connectivity index (χ1n) is 9.58. The zero-order valence-corrected chi connectivity index (χ0v) is 15.5. The zero-order valence-electron chi connectivity index (χ0n) is 15.5. The summed E-state index contributed by atoms with van der Waals surface area (Å²) in [5.74, 6) is 0. The highest BCUT2D eigenvalue weighted by Gasteiger charge is 2.23. The largest absolute Gasteiger partial charge is 0.359 e. The predicted molar refractivity (Wildman–Crippen MR) is 113 cm³/mol. The molecule has 0 atom stereocenters. The minimum absolute atomic E-state index is 0.0572. The Kier molecular flexibility index (Phi) is 4.09. The van der Waals surface area contributed by atoms with Gasteiger partial charge in [0, 0.05) is 30.2 Å². The maximum atomic E-state index is 13.0. The molecule has 28 heavy (non-hydrogen) atoms. The molecule has 0 saturated heterocycles. The number of aromatic nitrogens is 1. The fourth-order valence-electron chi connectivity index (χ4n) is 4.01. The molecule has 5 rings (SSSR count). The SMILES string of the molecule is O=C(Nc1c[nH]c2ccccc12)N1CCc2cccc(-c3ccccc3)c2C1. The number of aromatic amines is 1. The van der Waals surface area contributed by atoms with E-state index in [0.717, 1.165) is 29.6 Å². The molecule has 0 saturated carbocycles. The monoisotopic (exact) mass is 367 g/mol. The molecule has 1 aromatic heterocycles. The van der Waals surface area contributed by atoms with Gasteiger partial charge in [-0.1, -0.05) is 66.7 Å². The van der Waals surface area contributed by atoms with Crippen LogP contribution in [0, 0.1) is 0 Å². The molecule has 3 aromatic carbocycles. The van der Waals surface area contributed by atoms with Crippen LogP contribution in [0.2, 0.25) is 0 Å². The summed E-state index contributed by atoms with van der Waals surface area (Å²) >= 11 is 0. The van der Waals surface area contributed by atoms with E-state index in [9.17, 15) is 4.79 Å². The summed E-state index contributed by atoms with van der Waals surface area (Å²) in [6.45, 7) is 1.34. The van der Waals surface area contributed by atoms with Crippen LogP contribution in [0.3, 0.4) is 0 Å². The summed E-state index contributed by atoms with van der Waals surface area (Å²) < 4.78 is 0. The van der Waals surface area contributed by atoms with Gasteiger partial charge in [0.25, 0.3) is 0 Å². The quantitative estimate of drug-likeness (QED) is 0.488. The Bertz CT molecular complexity index is 1150. The summed E-state index contributed by atoms with van der Waals surface area (Å²) in [4.78, 5) is 18.1. The topological polar surface area (TPSA) is 48.1 Å². The number of rotatable bonds is 2. The number of carbonyl (C=O) groups excluding carboxylic acids is 1. The van der Waals surface area contributed by atoms with E-state index in [0.29, 0.717) is 6.54 Å². The predicted octanol–water partition coefficient (Wildman–Crippen LogP) is 5.43. The van der Waals surface area contributed by atoms with Gasteiger partial charge in [0.15, 0.2) is 0 Å². The van der Waals surface area contributed by atoms with E-state index in [-0.39, 0.29) is 6.03 Å².